The molecule has 1 saturated heterocycles. The SMILES string of the molecule is CCCC1CC1NC(=NCC)NC1CCN(c2ncccc2F)C1. The van der Waals surface area contributed by atoms with E-state index in [0.29, 0.717) is 11.9 Å². The maximum Gasteiger partial charge on any atom is 0.191 e. The fourth-order valence-electron chi connectivity index (χ4n) is 3.45. The highest BCUT2D eigenvalue weighted by Gasteiger charge is 2.37. The van der Waals surface area contributed by atoms with Crippen LogP contribution in [-0.2, 0) is 0 Å². The van der Waals surface area contributed by atoms with Gasteiger partial charge in [0.25, 0.3) is 0 Å². The predicted octanol–water partition coefficient (Wildman–Crippen LogP) is 2.54. The number of hydrogen-bond donors (Lipinski definition) is 2. The third kappa shape index (κ3) is 4.16. The zero-order valence-corrected chi connectivity index (χ0v) is 14.6. The number of anilines is 1. The molecule has 0 spiro atoms. The molecular formula is C18H28FN5. The van der Waals surface area contributed by atoms with E-state index in [1.54, 1.807) is 12.3 Å². The van der Waals surface area contributed by atoms with Crippen LogP contribution in [0.4, 0.5) is 10.2 Å². The molecule has 132 valence electrons. The Hall–Kier alpha value is -1.85. The molecule has 0 bridgehead atoms. The summed E-state index contributed by atoms with van der Waals surface area (Å²) in [4.78, 5) is 10.7. The highest BCUT2D eigenvalue weighted by molar-refractivity contribution is 5.81. The van der Waals surface area contributed by atoms with Gasteiger partial charge in [0.15, 0.2) is 17.6 Å². The first-order valence-corrected chi connectivity index (χ1v) is 9.14. The summed E-state index contributed by atoms with van der Waals surface area (Å²) in [5.41, 5.74) is 0. The number of guanidine groups is 1. The Kier molecular flexibility index (Phi) is 5.53. The first-order chi connectivity index (χ1) is 11.7. The lowest BCUT2D eigenvalue weighted by atomic mass is 10.2. The third-order valence-corrected chi connectivity index (χ3v) is 4.79. The molecule has 1 aromatic heterocycles. The summed E-state index contributed by atoms with van der Waals surface area (Å²) in [5, 5.41) is 7.07. The first kappa shape index (κ1) is 17.0. The van der Waals surface area contributed by atoms with Crippen molar-refractivity contribution in [2.45, 2.75) is 51.6 Å². The second kappa shape index (κ2) is 7.81. The molecule has 5 nitrogen and oxygen atoms in total. The van der Waals surface area contributed by atoms with Crippen molar-refractivity contribution in [3.63, 3.8) is 0 Å². The maximum atomic E-state index is 13.9. The van der Waals surface area contributed by atoms with Gasteiger partial charge in [-0.2, -0.15) is 0 Å². The van der Waals surface area contributed by atoms with E-state index >= 15 is 0 Å². The van der Waals surface area contributed by atoms with E-state index in [9.17, 15) is 4.39 Å². The van der Waals surface area contributed by atoms with E-state index < -0.39 is 0 Å². The van der Waals surface area contributed by atoms with E-state index in [2.05, 4.69) is 27.5 Å². The number of aliphatic imine (C=N–C) groups is 1. The van der Waals surface area contributed by atoms with Gasteiger partial charge in [0.05, 0.1) is 0 Å². The second-order valence-electron chi connectivity index (χ2n) is 6.74. The molecule has 24 heavy (non-hydrogen) atoms. The smallest absolute Gasteiger partial charge is 0.191 e. The highest BCUT2D eigenvalue weighted by Crippen LogP contribution is 2.34. The van der Waals surface area contributed by atoms with Gasteiger partial charge in [-0.15, -0.1) is 0 Å². The van der Waals surface area contributed by atoms with Gasteiger partial charge in [-0.05, 0) is 44.2 Å². The van der Waals surface area contributed by atoms with Gasteiger partial charge < -0.3 is 15.5 Å². The Bertz CT molecular complexity index is 576. The Morgan fingerprint density at radius 1 is 1.42 bits per heavy atom. The molecule has 3 atom stereocenters. The molecule has 3 rings (SSSR count). The van der Waals surface area contributed by atoms with Crippen LogP contribution in [0.2, 0.25) is 0 Å². The van der Waals surface area contributed by atoms with E-state index in [-0.39, 0.29) is 11.9 Å². The molecule has 2 N–H and O–H groups in total. The zero-order chi connectivity index (χ0) is 16.9. The van der Waals surface area contributed by atoms with Crippen LogP contribution in [0.3, 0.4) is 0 Å². The molecular weight excluding hydrogens is 305 g/mol. The van der Waals surface area contributed by atoms with E-state index in [1.165, 1.54) is 25.3 Å². The molecule has 1 aromatic rings. The number of nitrogens with one attached hydrogen (secondary N) is 2. The van der Waals surface area contributed by atoms with Crippen molar-refractivity contribution in [3.05, 3.63) is 24.1 Å². The number of halogens is 1. The van der Waals surface area contributed by atoms with Crippen molar-refractivity contribution in [2.24, 2.45) is 10.9 Å². The minimum Gasteiger partial charge on any atom is -0.353 e. The molecule has 0 radical (unpaired) electrons. The standard InChI is InChI=1S/C18H28FN5/c1-3-6-13-11-16(13)23-18(20-4-2)22-14-8-10-24(12-14)17-15(19)7-5-9-21-17/h5,7,9,13-14,16H,3-4,6,8,10-12H2,1-2H3,(H2,20,22,23). The quantitative estimate of drug-likeness (QED) is 0.620. The van der Waals surface area contributed by atoms with Gasteiger partial charge in [0.1, 0.15) is 0 Å². The van der Waals surface area contributed by atoms with Crippen LogP contribution in [0.1, 0.15) is 39.5 Å². The van der Waals surface area contributed by atoms with Gasteiger partial charge in [-0.3, -0.25) is 4.99 Å². The molecule has 3 unspecified atom stereocenters. The van der Waals surface area contributed by atoms with Crippen LogP contribution in [0.25, 0.3) is 0 Å². The van der Waals surface area contributed by atoms with Gasteiger partial charge >= 0.3 is 0 Å². The van der Waals surface area contributed by atoms with Crippen LogP contribution in [0.15, 0.2) is 23.3 Å². The summed E-state index contributed by atoms with van der Waals surface area (Å²) < 4.78 is 13.9. The lowest BCUT2D eigenvalue weighted by Gasteiger charge is -2.20. The van der Waals surface area contributed by atoms with Gasteiger partial charge in [0, 0.05) is 37.9 Å². The third-order valence-electron chi connectivity index (χ3n) is 4.79. The minimum atomic E-state index is -0.251. The normalized spacial score (nSPS) is 26.5. The predicted molar refractivity (Wildman–Crippen MR) is 95.9 cm³/mol. The summed E-state index contributed by atoms with van der Waals surface area (Å²) in [5.74, 6) is 1.89. The number of rotatable bonds is 6. The van der Waals surface area contributed by atoms with Crippen molar-refractivity contribution < 1.29 is 4.39 Å². The van der Waals surface area contributed by atoms with Gasteiger partial charge in [-0.1, -0.05) is 13.3 Å². The van der Waals surface area contributed by atoms with Gasteiger partial charge in [-0.25, -0.2) is 9.37 Å². The minimum absolute atomic E-state index is 0.251. The van der Waals surface area contributed by atoms with Crippen molar-refractivity contribution >= 4 is 11.8 Å². The Morgan fingerprint density at radius 2 is 2.29 bits per heavy atom. The maximum absolute atomic E-state index is 13.9. The van der Waals surface area contributed by atoms with Crippen molar-refractivity contribution in [3.8, 4) is 0 Å². The van der Waals surface area contributed by atoms with Crippen LogP contribution < -0.4 is 15.5 Å². The van der Waals surface area contributed by atoms with Crippen LogP contribution in [0, 0.1) is 11.7 Å². The lowest BCUT2D eigenvalue weighted by Crippen LogP contribution is -2.46. The molecule has 0 aromatic carbocycles. The Morgan fingerprint density at radius 3 is 3.04 bits per heavy atom. The molecule has 1 aliphatic carbocycles. The van der Waals surface area contributed by atoms with Crippen molar-refractivity contribution in [1.82, 2.24) is 15.6 Å². The second-order valence-corrected chi connectivity index (χ2v) is 6.74. The van der Waals surface area contributed by atoms with Crippen molar-refractivity contribution in [2.75, 3.05) is 24.5 Å². The molecule has 2 heterocycles. The summed E-state index contributed by atoms with van der Waals surface area (Å²) in [6.07, 6.45) is 6.38. The number of aromatic nitrogens is 1. The summed E-state index contributed by atoms with van der Waals surface area (Å²) in [6.45, 7) is 6.60. The first-order valence-electron chi connectivity index (χ1n) is 9.14. The Balaban J connectivity index is 1.53. The number of hydrogen-bond acceptors (Lipinski definition) is 3. The van der Waals surface area contributed by atoms with E-state index in [0.717, 1.165) is 37.9 Å². The Labute approximate surface area is 143 Å². The molecule has 1 aliphatic heterocycles. The molecule has 2 fully saturated rings. The zero-order valence-electron chi connectivity index (χ0n) is 14.6. The topological polar surface area (TPSA) is 52.6 Å². The number of nitrogens with zero attached hydrogens (tertiary/aromatic N) is 3. The summed E-state index contributed by atoms with van der Waals surface area (Å²) in [6, 6.07) is 3.93. The van der Waals surface area contributed by atoms with E-state index in [1.807, 2.05) is 11.8 Å². The van der Waals surface area contributed by atoms with Crippen LogP contribution in [-0.4, -0.2) is 42.7 Å². The average Bonchev–Trinajstić information content (AvgIpc) is 3.12. The van der Waals surface area contributed by atoms with Crippen molar-refractivity contribution in [1.29, 1.82) is 0 Å². The lowest BCUT2D eigenvalue weighted by molar-refractivity contribution is 0.610. The molecule has 0 amide bonds. The molecule has 6 heteroatoms. The highest BCUT2D eigenvalue weighted by atomic mass is 19.1. The molecule has 1 saturated carbocycles. The summed E-state index contributed by atoms with van der Waals surface area (Å²) in [7, 11) is 0. The van der Waals surface area contributed by atoms with Gasteiger partial charge in [0.2, 0.25) is 0 Å². The summed E-state index contributed by atoms with van der Waals surface area (Å²) >= 11 is 0. The van der Waals surface area contributed by atoms with E-state index in [4.69, 9.17) is 0 Å². The number of pyridine rings is 1. The largest absolute Gasteiger partial charge is 0.353 e. The van der Waals surface area contributed by atoms with Crippen LogP contribution in [0.5, 0.6) is 0 Å². The monoisotopic (exact) mass is 333 g/mol. The molecule has 2 aliphatic rings. The van der Waals surface area contributed by atoms with Crippen LogP contribution >= 0.6 is 0 Å². The fraction of sp³-hybridized carbons (Fsp3) is 0.667. The fourth-order valence-corrected chi connectivity index (χ4v) is 3.45. The average molecular weight is 333 g/mol.